The quantitative estimate of drug-likeness (QED) is 0.688. The van der Waals surface area contributed by atoms with Crippen molar-refractivity contribution >= 4 is 5.91 Å². The van der Waals surface area contributed by atoms with E-state index in [2.05, 4.69) is 5.32 Å². The number of aliphatic hydroxyl groups is 1. The zero-order valence-corrected chi connectivity index (χ0v) is 10.8. The summed E-state index contributed by atoms with van der Waals surface area (Å²) in [5.74, 6) is 0.963. The van der Waals surface area contributed by atoms with Gasteiger partial charge < -0.3 is 25.6 Å². The van der Waals surface area contributed by atoms with Crippen LogP contribution in [0, 0.1) is 0 Å². The number of carbonyl (C=O) groups excluding carboxylic acids is 1. The average Bonchev–Trinajstić information content (AvgIpc) is 2.82. The Morgan fingerprint density at radius 1 is 1.47 bits per heavy atom. The Morgan fingerprint density at radius 3 is 2.95 bits per heavy atom. The van der Waals surface area contributed by atoms with Gasteiger partial charge in [0, 0.05) is 19.0 Å². The Balaban J connectivity index is 1.89. The Labute approximate surface area is 111 Å². The van der Waals surface area contributed by atoms with Crippen molar-refractivity contribution in [1.82, 2.24) is 5.32 Å². The fourth-order valence-electron chi connectivity index (χ4n) is 1.93. The van der Waals surface area contributed by atoms with Crippen LogP contribution in [0.1, 0.15) is 25.0 Å². The molecule has 1 aromatic carbocycles. The highest BCUT2D eigenvalue weighted by molar-refractivity contribution is 5.74. The fraction of sp³-hybridized carbons (Fsp3) is 0.462. The van der Waals surface area contributed by atoms with E-state index in [9.17, 15) is 9.90 Å². The molecule has 0 radical (unpaired) electrons. The van der Waals surface area contributed by atoms with Gasteiger partial charge in [-0.05, 0) is 24.6 Å². The molecule has 6 nitrogen and oxygen atoms in total. The van der Waals surface area contributed by atoms with E-state index in [1.54, 1.807) is 18.2 Å². The molecule has 0 saturated carbocycles. The molecule has 104 valence electrons. The minimum Gasteiger partial charge on any atom is -0.454 e. The van der Waals surface area contributed by atoms with Gasteiger partial charge in [0.05, 0.1) is 6.10 Å². The lowest BCUT2D eigenvalue weighted by Crippen LogP contribution is -2.33. The maximum Gasteiger partial charge on any atom is 0.231 e. The maximum absolute atomic E-state index is 10.7. The zero-order chi connectivity index (χ0) is 13.8. The first-order valence-electron chi connectivity index (χ1n) is 6.15. The van der Waals surface area contributed by atoms with Crippen LogP contribution in [0.15, 0.2) is 18.2 Å². The maximum atomic E-state index is 10.7. The molecule has 6 heteroatoms. The van der Waals surface area contributed by atoms with E-state index in [0.717, 1.165) is 5.56 Å². The summed E-state index contributed by atoms with van der Waals surface area (Å²) in [7, 11) is 0. The first-order valence-corrected chi connectivity index (χ1v) is 6.15. The van der Waals surface area contributed by atoms with Crippen LogP contribution in [0.3, 0.4) is 0 Å². The summed E-state index contributed by atoms with van der Waals surface area (Å²) in [6.07, 6.45) is -0.432. The largest absolute Gasteiger partial charge is 0.454 e. The van der Waals surface area contributed by atoms with Gasteiger partial charge >= 0.3 is 0 Å². The minimum absolute atomic E-state index is 0.0684. The van der Waals surface area contributed by atoms with Crippen molar-refractivity contribution < 1.29 is 19.4 Å². The van der Waals surface area contributed by atoms with Crippen LogP contribution in [-0.4, -0.2) is 30.4 Å². The second-order valence-electron chi connectivity index (χ2n) is 4.61. The SMILES string of the molecule is CC(CC(N)=O)NCC(O)c1ccc2c(c1)OCO2. The number of rotatable bonds is 6. The Morgan fingerprint density at radius 2 is 2.21 bits per heavy atom. The van der Waals surface area contributed by atoms with Crippen molar-refractivity contribution in [2.45, 2.75) is 25.5 Å². The Kier molecular flexibility index (Phi) is 4.24. The minimum atomic E-state index is -0.676. The molecule has 0 aromatic heterocycles. The van der Waals surface area contributed by atoms with Gasteiger partial charge in [0.15, 0.2) is 11.5 Å². The smallest absolute Gasteiger partial charge is 0.231 e. The van der Waals surface area contributed by atoms with E-state index >= 15 is 0 Å². The van der Waals surface area contributed by atoms with Crippen LogP contribution in [0.2, 0.25) is 0 Å². The van der Waals surface area contributed by atoms with Gasteiger partial charge in [-0.3, -0.25) is 4.79 Å². The van der Waals surface area contributed by atoms with Crippen LogP contribution < -0.4 is 20.5 Å². The standard InChI is InChI=1S/C13H18N2O4/c1-8(4-13(14)17)15-6-10(16)9-2-3-11-12(5-9)19-7-18-11/h2-3,5,8,10,15-16H,4,6-7H2,1H3,(H2,14,17). The van der Waals surface area contributed by atoms with E-state index < -0.39 is 6.10 Å². The molecule has 0 spiro atoms. The summed E-state index contributed by atoms with van der Waals surface area (Å²) in [4.78, 5) is 10.7. The van der Waals surface area contributed by atoms with E-state index in [1.165, 1.54) is 0 Å². The number of benzene rings is 1. The lowest BCUT2D eigenvalue weighted by molar-refractivity contribution is -0.118. The number of hydrogen-bond acceptors (Lipinski definition) is 5. The highest BCUT2D eigenvalue weighted by Crippen LogP contribution is 2.34. The summed E-state index contributed by atoms with van der Waals surface area (Å²) in [5, 5.41) is 13.1. The molecule has 1 aliphatic heterocycles. The topological polar surface area (TPSA) is 93.8 Å². The number of ether oxygens (including phenoxy) is 2. The van der Waals surface area contributed by atoms with Gasteiger partial charge in [-0.15, -0.1) is 0 Å². The van der Waals surface area contributed by atoms with Crippen molar-refractivity contribution in [2.75, 3.05) is 13.3 Å². The highest BCUT2D eigenvalue weighted by Gasteiger charge is 2.17. The number of hydrogen-bond donors (Lipinski definition) is 3. The monoisotopic (exact) mass is 266 g/mol. The molecule has 4 N–H and O–H groups in total. The molecule has 1 amide bonds. The number of carbonyl (C=O) groups is 1. The van der Waals surface area contributed by atoms with Crippen molar-refractivity contribution in [2.24, 2.45) is 5.73 Å². The summed E-state index contributed by atoms with van der Waals surface area (Å²) >= 11 is 0. The number of fused-ring (bicyclic) bond motifs is 1. The third-order valence-electron chi connectivity index (χ3n) is 2.95. The molecule has 1 heterocycles. The third kappa shape index (κ3) is 3.59. The number of primary amides is 1. The molecule has 0 bridgehead atoms. The van der Waals surface area contributed by atoms with Gasteiger partial charge in [0.2, 0.25) is 12.7 Å². The van der Waals surface area contributed by atoms with Crippen LogP contribution in [0.5, 0.6) is 11.5 Å². The molecule has 1 aromatic rings. The first-order chi connectivity index (χ1) is 9.06. The van der Waals surface area contributed by atoms with Gasteiger partial charge in [0.25, 0.3) is 0 Å². The number of amides is 1. The summed E-state index contributed by atoms with van der Waals surface area (Å²) in [6.45, 7) is 2.40. The molecule has 19 heavy (non-hydrogen) atoms. The molecule has 2 unspecified atom stereocenters. The zero-order valence-electron chi connectivity index (χ0n) is 10.8. The number of nitrogens with two attached hydrogens (primary N) is 1. The Bertz CT molecular complexity index is 464. The van der Waals surface area contributed by atoms with Crippen molar-refractivity contribution in [1.29, 1.82) is 0 Å². The summed E-state index contributed by atoms with van der Waals surface area (Å²) in [6, 6.07) is 5.25. The molecule has 0 aliphatic carbocycles. The van der Waals surface area contributed by atoms with Crippen LogP contribution in [0.4, 0.5) is 0 Å². The predicted molar refractivity (Wildman–Crippen MR) is 68.8 cm³/mol. The average molecular weight is 266 g/mol. The summed E-state index contributed by atoms with van der Waals surface area (Å²) < 4.78 is 10.5. The second kappa shape index (κ2) is 5.90. The second-order valence-corrected chi connectivity index (χ2v) is 4.61. The highest BCUT2D eigenvalue weighted by atomic mass is 16.7. The Hall–Kier alpha value is -1.79. The van der Waals surface area contributed by atoms with Crippen molar-refractivity contribution in [3.8, 4) is 11.5 Å². The van der Waals surface area contributed by atoms with E-state index in [0.29, 0.717) is 18.0 Å². The summed E-state index contributed by atoms with van der Waals surface area (Å²) in [5.41, 5.74) is 5.84. The molecular weight excluding hydrogens is 248 g/mol. The molecule has 2 rings (SSSR count). The van der Waals surface area contributed by atoms with Crippen LogP contribution in [0.25, 0.3) is 0 Å². The first kappa shape index (κ1) is 13.6. The van der Waals surface area contributed by atoms with Gasteiger partial charge in [-0.25, -0.2) is 0 Å². The number of aliphatic hydroxyl groups excluding tert-OH is 1. The lowest BCUT2D eigenvalue weighted by Gasteiger charge is -2.16. The normalized spacial score (nSPS) is 16.1. The predicted octanol–water partition coefficient (Wildman–Crippen LogP) is 0.302. The molecule has 0 saturated heterocycles. The lowest BCUT2D eigenvalue weighted by atomic mass is 10.1. The van der Waals surface area contributed by atoms with Gasteiger partial charge in [0.1, 0.15) is 0 Å². The molecule has 2 atom stereocenters. The molecule has 0 fully saturated rings. The molecular formula is C13H18N2O4. The van der Waals surface area contributed by atoms with E-state index in [1.807, 2.05) is 6.92 Å². The van der Waals surface area contributed by atoms with Crippen LogP contribution >= 0.6 is 0 Å². The van der Waals surface area contributed by atoms with E-state index in [4.69, 9.17) is 15.2 Å². The van der Waals surface area contributed by atoms with Gasteiger partial charge in [-0.2, -0.15) is 0 Å². The van der Waals surface area contributed by atoms with Gasteiger partial charge in [-0.1, -0.05) is 6.07 Å². The fourth-order valence-corrected chi connectivity index (χ4v) is 1.93. The van der Waals surface area contributed by atoms with Crippen molar-refractivity contribution in [3.63, 3.8) is 0 Å². The van der Waals surface area contributed by atoms with E-state index in [-0.39, 0.29) is 25.2 Å². The van der Waals surface area contributed by atoms with Crippen LogP contribution in [-0.2, 0) is 4.79 Å². The number of nitrogens with one attached hydrogen (secondary N) is 1. The van der Waals surface area contributed by atoms with Crippen molar-refractivity contribution in [3.05, 3.63) is 23.8 Å². The third-order valence-corrected chi connectivity index (χ3v) is 2.95. The molecule has 1 aliphatic rings.